The van der Waals surface area contributed by atoms with Crippen molar-refractivity contribution in [3.63, 3.8) is 0 Å². The molecule has 0 atom stereocenters. The normalized spacial score (nSPS) is 10.9. The first-order valence-electron chi connectivity index (χ1n) is 6.18. The maximum Gasteiger partial charge on any atom is 0.134 e. The fraction of sp³-hybridized carbons (Fsp3) is 0.429. The van der Waals surface area contributed by atoms with E-state index in [9.17, 15) is 0 Å². The molecule has 0 spiro atoms. The van der Waals surface area contributed by atoms with Crippen molar-refractivity contribution in [2.75, 3.05) is 13.2 Å². The molecule has 1 aromatic carbocycles. The summed E-state index contributed by atoms with van der Waals surface area (Å²) in [5, 5.41) is 4.52. The summed E-state index contributed by atoms with van der Waals surface area (Å²) in [4.78, 5) is 0. The number of furan rings is 1. The maximum atomic E-state index is 5.52. The number of rotatable bonds is 6. The van der Waals surface area contributed by atoms with Crippen LogP contribution in [0.15, 0.2) is 28.9 Å². The van der Waals surface area contributed by atoms with E-state index in [-0.39, 0.29) is 0 Å². The van der Waals surface area contributed by atoms with Gasteiger partial charge in [0, 0.05) is 17.5 Å². The van der Waals surface area contributed by atoms with Crippen LogP contribution in [0.3, 0.4) is 0 Å². The molecule has 0 aliphatic heterocycles. The van der Waals surface area contributed by atoms with E-state index in [1.807, 2.05) is 31.4 Å². The largest absolute Gasteiger partial charge is 0.494 e. The average Bonchev–Trinajstić information content (AvgIpc) is 2.73. The Bertz CT molecular complexity index is 476. The number of ether oxygens (including phenoxy) is 1. The van der Waals surface area contributed by atoms with E-state index >= 15 is 0 Å². The van der Waals surface area contributed by atoms with E-state index in [1.165, 1.54) is 5.56 Å². The third kappa shape index (κ3) is 2.80. The molecule has 17 heavy (non-hydrogen) atoms. The Morgan fingerprint density at radius 1 is 1.29 bits per heavy atom. The van der Waals surface area contributed by atoms with E-state index < -0.39 is 0 Å². The van der Waals surface area contributed by atoms with Crippen molar-refractivity contribution in [1.82, 2.24) is 5.32 Å². The fourth-order valence-corrected chi connectivity index (χ4v) is 1.85. The Morgan fingerprint density at radius 2 is 2.18 bits per heavy atom. The highest BCUT2D eigenvalue weighted by molar-refractivity contribution is 5.82. The number of nitrogens with one attached hydrogen (secondary N) is 1. The van der Waals surface area contributed by atoms with Crippen LogP contribution in [0.1, 0.15) is 25.8 Å². The van der Waals surface area contributed by atoms with Crippen LogP contribution < -0.4 is 10.1 Å². The van der Waals surface area contributed by atoms with Gasteiger partial charge in [0.2, 0.25) is 0 Å². The van der Waals surface area contributed by atoms with Crippen LogP contribution >= 0.6 is 0 Å². The van der Waals surface area contributed by atoms with Gasteiger partial charge in [-0.1, -0.05) is 6.92 Å². The first-order chi connectivity index (χ1) is 8.35. The number of benzene rings is 1. The first-order valence-corrected chi connectivity index (χ1v) is 6.18. The van der Waals surface area contributed by atoms with Gasteiger partial charge in [-0.05, 0) is 38.1 Å². The van der Waals surface area contributed by atoms with Crippen LogP contribution in [0.25, 0.3) is 11.0 Å². The lowest BCUT2D eigenvalue weighted by Crippen LogP contribution is -2.13. The van der Waals surface area contributed by atoms with Gasteiger partial charge < -0.3 is 14.5 Å². The topological polar surface area (TPSA) is 34.4 Å². The Hall–Kier alpha value is -1.48. The highest BCUT2D eigenvalue weighted by atomic mass is 16.5. The molecule has 1 heterocycles. The number of fused-ring (bicyclic) bond motifs is 1. The van der Waals surface area contributed by atoms with E-state index in [1.54, 1.807) is 0 Å². The Balaban J connectivity index is 2.20. The molecule has 0 amide bonds. The summed E-state index contributed by atoms with van der Waals surface area (Å²) in [6, 6.07) is 5.95. The minimum Gasteiger partial charge on any atom is -0.494 e. The van der Waals surface area contributed by atoms with Crippen LogP contribution in [0.2, 0.25) is 0 Å². The zero-order valence-corrected chi connectivity index (χ0v) is 10.5. The van der Waals surface area contributed by atoms with E-state index in [0.717, 1.165) is 36.2 Å². The van der Waals surface area contributed by atoms with Gasteiger partial charge in [-0.15, -0.1) is 0 Å². The first kappa shape index (κ1) is 12.0. The van der Waals surface area contributed by atoms with Crippen molar-refractivity contribution >= 4 is 11.0 Å². The van der Waals surface area contributed by atoms with Crippen molar-refractivity contribution in [3.05, 3.63) is 30.0 Å². The molecule has 92 valence electrons. The summed E-state index contributed by atoms with van der Waals surface area (Å²) >= 11 is 0. The van der Waals surface area contributed by atoms with Crippen molar-refractivity contribution in [2.24, 2.45) is 0 Å². The molecule has 0 radical (unpaired) electrons. The number of hydrogen-bond acceptors (Lipinski definition) is 3. The molecule has 1 N–H and O–H groups in total. The maximum absolute atomic E-state index is 5.52. The minimum absolute atomic E-state index is 0.687. The Labute approximate surface area is 102 Å². The van der Waals surface area contributed by atoms with Gasteiger partial charge in [-0.25, -0.2) is 0 Å². The van der Waals surface area contributed by atoms with Crippen LogP contribution in [0.4, 0.5) is 0 Å². The lowest BCUT2D eigenvalue weighted by atomic mass is 10.1. The summed E-state index contributed by atoms with van der Waals surface area (Å²) in [6.45, 7) is 6.71. The van der Waals surface area contributed by atoms with E-state index in [0.29, 0.717) is 6.61 Å². The Morgan fingerprint density at radius 3 is 2.94 bits per heavy atom. The molecular formula is C14H19NO2. The molecule has 0 bridgehead atoms. The van der Waals surface area contributed by atoms with Crippen LogP contribution in [0.5, 0.6) is 5.75 Å². The van der Waals surface area contributed by atoms with Gasteiger partial charge in [0.1, 0.15) is 11.3 Å². The van der Waals surface area contributed by atoms with Crippen LogP contribution in [-0.4, -0.2) is 13.2 Å². The molecule has 0 saturated heterocycles. The number of hydrogen-bond donors (Lipinski definition) is 1. The molecule has 0 fully saturated rings. The van der Waals surface area contributed by atoms with E-state index in [4.69, 9.17) is 9.15 Å². The van der Waals surface area contributed by atoms with Gasteiger partial charge in [0.05, 0.1) is 12.9 Å². The quantitative estimate of drug-likeness (QED) is 0.777. The second-order valence-corrected chi connectivity index (χ2v) is 4.03. The molecule has 2 aromatic rings. The van der Waals surface area contributed by atoms with Gasteiger partial charge in [0.15, 0.2) is 0 Å². The predicted molar refractivity (Wildman–Crippen MR) is 69.4 cm³/mol. The standard InChI is InChI=1S/C14H19NO2/c1-3-7-15-9-11-10-17-14-6-5-12(16-4-2)8-13(11)14/h5-6,8,10,15H,3-4,7,9H2,1-2H3. The third-order valence-corrected chi connectivity index (χ3v) is 2.68. The van der Waals surface area contributed by atoms with Crippen molar-refractivity contribution in [1.29, 1.82) is 0 Å². The molecule has 3 heteroatoms. The fourth-order valence-electron chi connectivity index (χ4n) is 1.85. The summed E-state index contributed by atoms with van der Waals surface area (Å²) in [5.41, 5.74) is 2.11. The molecule has 2 rings (SSSR count). The summed E-state index contributed by atoms with van der Waals surface area (Å²) in [6.07, 6.45) is 2.96. The molecule has 1 aromatic heterocycles. The molecule has 0 unspecified atom stereocenters. The average molecular weight is 233 g/mol. The lowest BCUT2D eigenvalue weighted by Gasteiger charge is -2.03. The zero-order chi connectivity index (χ0) is 12.1. The molecule has 0 saturated carbocycles. The molecule has 0 aliphatic carbocycles. The molecule has 3 nitrogen and oxygen atoms in total. The Kier molecular flexibility index (Phi) is 4.04. The van der Waals surface area contributed by atoms with Gasteiger partial charge in [-0.3, -0.25) is 0 Å². The smallest absolute Gasteiger partial charge is 0.134 e. The van der Waals surface area contributed by atoms with Gasteiger partial charge in [0.25, 0.3) is 0 Å². The van der Waals surface area contributed by atoms with Gasteiger partial charge in [-0.2, -0.15) is 0 Å². The molecular weight excluding hydrogens is 214 g/mol. The van der Waals surface area contributed by atoms with Crippen LogP contribution in [0, 0.1) is 0 Å². The molecule has 0 aliphatic rings. The monoisotopic (exact) mass is 233 g/mol. The summed E-state index contributed by atoms with van der Waals surface area (Å²) in [7, 11) is 0. The predicted octanol–water partition coefficient (Wildman–Crippen LogP) is 3.33. The second kappa shape index (κ2) is 5.73. The van der Waals surface area contributed by atoms with Crippen molar-refractivity contribution < 1.29 is 9.15 Å². The third-order valence-electron chi connectivity index (χ3n) is 2.68. The van der Waals surface area contributed by atoms with Crippen molar-refractivity contribution in [2.45, 2.75) is 26.8 Å². The minimum atomic E-state index is 0.687. The van der Waals surface area contributed by atoms with Crippen LogP contribution in [-0.2, 0) is 6.54 Å². The summed E-state index contributed by atoms with van der Waals surface area (Å²) in [5.74, 6) is 0.901. The lowest BCUT2D eigenvalue weighted by molar-refractivity contribution is 0.340. The highest BCUT2D eigenvalue weighted by Crippen LogP contribution is 2.25. The van der Waals surface area contributed by atoms with E-state index in [2.05, 4.69) is 12.2 Å². The second-order valence-electron chi connectivity index (χ2n) is 4.03. The van der Waals surface area contributed by atoms with Gasteiger partial charge >= 0.3 is 0 Å². The van der Waals surface area contributed by atoms with Crippen molar-refractivity contribution in [3.8, 4) is 5.75 Å². The highest BCUT2D eigenvalue weighted by Gasteiger charge is 2.06. The zero-order valence-electron chi connectivity index (χ0n) is 10.5. The summed E-state index contributed by atoms with van der Waals surface area (Å²) < 4.78 is 11.0. The SMILES string of the molecule is CCCNCc1coc2ccc(OCC)cc12.